The Hall–Kier alpha value is -0.660. The second-order valence-electron chi connectivity index (χ2n) is 2.05. The van der Waals surface area contributed by atoms with E-state index in [9.17, 15) is 0 Å². The van der Waals surface area contributed by atoms with Crippen molar-refractivity contribution >= 4 is 0 Å². The summed E-state index contributed by atoms with van der Waals surface area (Å²) in [5.41, 5.74) is 7.62. The highest BCUT2D eigenvalue weighted by Gasteiger charge is 1.99. The van der Waals surface area contributed by atoms with Gasteiger partial charge in [-0.15, -0.1) is 0 Å². The fourth-order valence-electron chi connectivity index (χ4n) is 0.923. The fraction of sp³-hybridized carbons (Fsp3) is 0.667. The zero-order valence-electron chi connectivity index (χ0n) is 4.85. The Labute approximate surface area is 49.1 Å². The van der Waals surface area contributed by atoms with Gasteiger partial charge in [0.2, 0.25) is 0 Å². The lowest BCUT2D eigenvalue weighted by Gasteiger charge is -2.04. The largest absolute Gasteiger partial charge is 0.205 e. The molecule has 1 N–H and O–H groups in total. The van der Waals surface area contributed by atoms with Crippen molar-refractivity contribution in [3.63, 3.8) is 0 Å². The summed E-state index contributed by atoms with van der Waals surface area (Å²) in [4.78, 5) is 0. The van der Waals surface area contributed by atoms with Crippen LogP contribution in [0, 0.1) is 5.53 Å². The van der Waals surface area contributed by atoms with Gasteiger partial charge < -0.3 is 0 Å². The van der Waals surface area contributed by atoms with Crippen LogP contribution in [-0.2, 0) is 0 Å². The van der Waals surface area contributed by atoms with Crippen molar-refractivity contribution < 1.29 is 0 Å². The molecule has 1 rings (SSSR count). The van der Waals surface area contributed by atoms with Crippen LogP contribution in [0.1, 0.15) is 25.7 Å². The monoisotopic (exact) mass is 110 g/mol. The first kappa shape index (κ1) is 5.48. The van der Waals surface area contributed by atoms with E-state index in [2.05, 4.69) is 11.2 Å². The molecule has 0 bridgehead atoms. The summed E-state index contributed by atoms with van der Waals surface area (Å²) in [5.74, 6) is 0. The molecule has 0 radical (unpaired) electrons. The van der Waals surface area contributed by atoms with E-state index < -0.39 is 0 Å². The second kappa shape index (κ2) is 2.60. The van der Waals surface area contributed by atoms with Crippen molar-refractivity contribution in [3.8, 4) is 0 Å². The molecule has 0 aromatic heterocycles. The Morgan fingerprint density at radius 3 is 2.75 bits per heavy atom. The highest BCUT2D eigenvalue weighted by atomic mass is 15.0. The average Bonchev–Trinajstić information content (AvgIpc) is 1.90. The van der Waals surface area contributed by atoms with Crippen LogP contribution in [0.3, 0.4) is 0 Å². The fourth-order valence-corrected chi connectivity index (χ4v) is 0.923. The molecule has 0 aromatic rings. The summed E-state index contributed by atoms with van der Waals surface area (Å²) in [6, 6.07) is 0. The SMILES string of the molecule is N=NC1=CCCCC1. The van der Waals surface area contributed by atoms with Gasteiger partial charge in [0.15, 0.2) is 0 Å². The first-order valence-corrected chi connectivity index (χ1v) is 3.00. The van der Waals surface area contributed by atoms with Crippen molar-refractivity contribution in [1.29, 1.82) is 5.53 Å². The molecule has 44 valence electrons. The lowest BCUT2D eigenvalue weighted by molar-refractivity contribution is 0.685. The molecule has 8 heavy (non-hydrogen) atoms. The van der Waals surface area contributed by atoms with Crippen LogP contribution in [-0.4, -0.2) is 0 Å². The first-order valence-electron chi connectivity index (χ1n) is 3.00. The molecule has 2 heteroatoms. The maximum Gasteiger partial charge on any atom is 0.0583 e. The molecule has 0 aromatic carbocycles. The maximum atomic E-state index is 6.65. The maximum absolute atomic E-state index is 6.65. The molecule has 0 saturated heterocycles. The zero-order chi connectivity index (χ0) is 5.82. The third kappa shape index (κ3) is 1.15. The third-order valence-electron chi connectivity index (χ3n) is 1.41. The topological polar surface area (TPSA) is 36.2 Å². The summed E-state index contributed by atoms with van der Waals surface area (Å²) in [6.45, 7) is 0. The molecule has 1 aliphatic rings. The van der Waals surface area contributed by atoms with Crippen LogP contribution in [0.25, 0.3) is 0 Å². The van der Waals surface area contributed by atoms with E-state index in [1.54, 1.807) is 0 Å². The zero-order valence-corrected chi connectivity index (χ0v) is 4.85. The molecule has 0 unspecified atom stereocenters. The molecule has 0 atom stereocenters. The smallest absolute Gasteiger partial charge is 0.0583 e. The highest BCUT2D eigenvalue weighted by Crippen LogP contribution is 2.17. The third-order valence-corrected chi connectivity index (χ3v) is 1.41. The lowest BCUT2D eigenvalue weighted by atomic mass is 10.1. The molecule has 0 heterocycles. The Bertz CT molecular complexity index is 116. The van der Waals surface area contributed by atoms with Crippen LogP contribution in [0.4, 0.5) is 0 Å². The predicted octanol–water partition coefficient (Wildman–Crippen LogP) is 2.48. The molecule has 0 saturated carbocycles. The Morgan fingerprint density at radius 2 is 2.38 bits per heavy atom. The predicted molar refractivity (Wildman–Crippen MR) is 31.7 cm³/mol. The van der Waals surface area contributed by atoms with E-state index in [1.165, 1.54) is 12.8 Å². The normalized spacial score (nSPS) is 19.8. The molecule has 2 nitrogen and oxygen atoms in total. The van der Waals surface area contributed by atoms with Gasteiger partial charge in [0.1, 0.15) is 0 Å². The van der Waals surface area contributed by atoms with E-state index in [0.29, 0.717) is 0 Å². The van der Waals surface area contributed by atoms with Gasteiger partial charge in [0, 0.05) is 0 Å². The van der Waals surface area contributed by atoms with Crippen molar-refractivity contribution in [2.75, 3.05) is 0 Å². The van der Waals surface area contributed by atoms with Gasteiger partial charge in [-0.2, -0.15) is 5.11 Å². The molecular formula is C6H10N2. The van der Waals surface area contributed by atoms with E-state index in [1.807, 2.05) is 0 Å². The molecule has 0 amide bonds. The van der Waals surface area contributed by atoms with E-state index in [-0.39, 0.29) is 0 Å². The minimum Gasteiger partial charge on any atom is -0.205 e. The number of rotatable bonds is 1. The minimum atomic E-state index is 0.969. The van der Waals surface area contributed by atoms with E-state index in [4.69, 9.17) is 5.53 Å². The molecule has 0 aliphatic heterocycles. The summed E-state index contributed by atoms with van der Waals surface area (Å²) in [6.07, 6.45) is 6.69. The number of nitrogens with zero attached hydrogens (tertiary/aromatic N) is 1. The molecule has 1 aliphatic carbocycles. The summed E-state index contributed by atoms with van der Waals surface area (Å²) in [5, 5.41) is 3.36. The summed E-state index contributed by atoms with van der Waals surface area (Å²) >= 11 is 0. The summed E-state index contributed by atoms with van der Waals surface area (Å²) < 4.78 is 0. The van der Waals surface area contributed by atoms with Gasteiger partial charge in [0.25, 0.3) is 0 Å². The van der Waals surface area contributed by atoms with Crippen LogP contribution in [0.15, 0.2) is 16.9 Å². The van der Waals surface area contributed by atoms with Gasteiger partial charge in [-0.3, -0.25) is 0 Å². The van der Waals surface area contributed by atoms with Gasteiger partial charge in [-0.05, 0) is 25.7 Å². The number of allylic oxidation sites excluding steroid dienone is 2. The van der Waals surface area contributed by atoms with Crippen molar-refractivity contribution in [3.05, 3.63) is 11.8 Å². The van der Waals surface area contributed by atoms with Crippen molar-refractivity contribution in [2.24, 2.45) is 5.11 Å². The number of nitrogens with one attached hydrogen (secondary N) is 1. The van der Waals surface area contributed by atoms with E-state index in [0.717, 1.165) is 18.5 Å². The minimum absolute atomic E-state index is 0.969. The molecule has 0 spiro atoms. The van der Waals surface area contributed by atoms with Gasteiger partial charge in [-0.1, -0.05) is 6.08 Å². The second-order valence-corrected chi connectivity index (χ2v) is 2.05. The number of hydrogen-bond donors (Lipinski definition) is 1. The van der Waals surface area contributed by atoms with Crippen molar-refractivity contribution in [1.82, 2.24) is 0 Å². The van der Waals surface area contributed by atoms with Crippen LogP contribution in [0.2, 0.25) is 0 Å². The molecule has 0 fully saturated rings. The van der Waals surface area contributed by atoms with E-state index >= 15 is 0 Å². The van der Waals surface area contributed by atoms with Crippen LogP contribution >= 0.6 is 0 Å². The Morgan fingerprint density at radius 1 is 1.50 bits per heavy atom. The Balaban J connectivity index is 2.49. The van der Waals surface area contributed by atoms with Gasteiger partial charge >= 0.3 is 0 Å². The van der Waals surface area contributed by atoms with Crippen LogP contribution in [0.5, 0.6) is 0 Å². The lowest BCUT2D eigenvalue weighted by Crippen LogP contribution is -1.86. The quantitative estimate of drug-likeness (QED) is 0.503. The van der Waals surface area contributed by atoms with Crippen LogP contribution < -0.4 is 0 Å². The van der Waals surface area contributed by atoms with Gasteiger partial charge in [0.05, 0.1) is 5.70 Å². The highest BCUT2D eigenvalue weighted by molar-refractivity contribution is 5.00. The van der Waals surface area contributed by atoms with Crippen molar-refractivity contribution in [2.45, 2.75) is 25.7 Å². The molecular weight excluding hydrogens is 100 g/mol. The average molecular weight is 110 g/mol. The van der Waals surface area contributed by atoms with Gasteiger partial charge in [-0.25, -0.2) is 5.53 Å². The number of hydrogen-bond acceptors (Lipinski definition) is 2. The standard InChI is InChI=1S/C6H10N2/c7-8-6-4-2-1-3-5-6/h4,7H,1-3,5H2. The first-order chi connectivity index (χ1) is 3.93. The Kier molecular flexibility index (Phi) is 1.78. The summed E-state index contributed by atoms with van der Waals surface area (Å²) in [7, 11) is 0.